The van der Waals surface area contributed by atoms with E-state index in [1.807, 2.05) is 18.2 Å². The summed E-state index contributed by atoms with van der Waals surface area (Å²) in [5.41, 5.74) is 13.6. The summed E-state index contributed by atoms with van der Waals surface area (Å²) in [7, 11) is 0. The summed E-state index contributed by atoms with van der Waals surface area (Å²) in [6.07, 6.45) is 0. The maximum absolute atomic E-state index is 6.62. The van der Waals surface area contributed by atoms with Crippen molar-refractivity contribution in [2.24, 2.45) is 0 Å². The number of thiophene rings is 1. The average Bonchev–Trinajstić information content (AvgIpc) is 4.18. The minimum absolute atomic E-state index is 0.581. The van der Waals surface area contributed by atoms with Crippen LogP contribution in [0.25, 0.3) is 142 Å². The van der Waals surface area contributed by atoms with Gasteiger partial charge in [0.15, 0.2) is 17.5 Å². The quantitative estimate of drug-likeness (QED) is 0.167. The third-order valence-electron chi connectivity index (χ3n) is 14.0. The molecule has 0 spiro atoms. The molecule has 0 N–H and O–H groups in total. The van der Waals surface area contributed by atoms with Gasteiger partial charge in [-0.1, -0.05) is 133 Å². The second kappa shape index (κ2) is 15.2. The van der Waals surface area contributed by atoms with Crippen molar-refractivity contribution in [1.29, 1.82) is 0 Å². The summed E-state index contributed by atoms with van der Waals surface area (Å²) in [4.78, 5) is 15.7. The lowest BCUT2D eigenvalue weighted by Crippen LogP contribution is -2.00. The van der Waals surface area contributed by atoms with E-state index in [-0.39, 0.29) is 0 Å². The van der Waals surface area contributed by atoms with Gasteiger partial charge < -0.3 is 13.6 Å². The molecule has 0 radical (unpaired) electrons. The van der Waals surface area contributed by atoms with Crippen LogP contribution >= 0.6 is 11.3 Å². The summed E-state index contributed by atoms with van der Waals surface area (Å²) in [5.74, 6) is 1.81. The zero-order valence-corrected chi connectivity index (χ0v) is 38.2. The van der Waals surface area contributed by atoms with E-state index in [0.29, 0.717) is 17.5 Å². The second-order valence-corrected chi connectivity index (χ2v) is 19.0. The van der Waals surface area contributed by atoms with Crippen LogP contribution in [0.3, 0.4) is 0 Å². The molecule has 70 heavy (non-hydrogen) atoms. The first-order chi connectivity index (χ1) is 34.7. The lowest BCUT2D eigenvalue weighted by atomic mass is 9.99. The molecule has 0 aliphatic rings. The van der Waals surface area contributed by atoms with Crippen LogP contribution in [0.15, 0.2) is 229 Å². The minimum Gasteiger partial charge on any atom is -0.456 e. The van der Waals surface area contributed by atoms with E-state index >= 15 is 0 Å². The van der Waals surface area contributed by atoms with Crippen molar-refractivity contribution in [2.75, 3.05) is 0 Å². The second-order valence-electron chi connectivity index (χ2n) is 17.9. The van der Waals surface area contributed by atoms with Gasteiger partial charge in [0.2, 0.25) is 0 Å². The summed E-state index contributed by atoms with van der Waals surface area (Å²) in [6, 6.07) is 79.7. The Morgan fingerprint density at radius 1 is 0.314 bits per heavy atom. The lowest BCUT2D eigenvalue weighted by Gasteiger charge is -2.10. The van der Waals surface area contributed by atoms with Crippen LogP contribution in [0, 0.1) is 0 Å². The molecule has 0 amide bonds. The number of rotatable bonds is 6. The molecular weight excluding hydrogens is 875 g/mol. The van der Waals surface area contributed by atoms with Crippen molar-refractivity contribution in [3.05, 3.63) is 224 Å². The summed E-state index contributed by atoms with van der Waals surface area (Å²) in [6.45, 7) is 0. The van der Waals surface area contributed by atoms with Crippen molar-refractivity contribution in [3.63, 3.8) is 0 Å². The molecule has 0 unspecified atom stereocenters. The largest absolute Gasteiger partial charge is 0.456 e. The van der Waals surface area contributed by atoms with Crippen LogP contribution in [0.2, 0.25) is 0 Å². The number of hydrogen-bond donors (Lipinski definition) is 0. The summed E-state index contributed by atoms with van der Waals surface area (Å²) in [5, 5.41) is 9.32. The molecule has 15 rings (SSSR count). The maximum atomic E-state index is 6.62. The van der Waals surface area contributed by atoms with Crippen molar-refractivity contribution in [3.8, 4) is 56.7 Å². The summed E-state index contributed by atoms with van der Waals surface area (Å²) >= 11 is 1.80. The molecule has 0 bridgehead atoms. The van der Waals surface area contributed by atoms with Crippen LogP contribution in [0.5, 0.6) is 0 Å². The molecule has 5 aromatic heterocycles. The predicted octanol–water partition coefficient (Wildman–Crippen LogP) is 17.0. The van der Waals surface area contributed by atoms with E-state index < -0.39 is 0 Å². The van der Waals surface area contributed by atoms with Gasteiger partial charge in [-0.05, 0) is 102 Å². The maximum Gasteiger partial charge on any atom is 0.164 e. The van der Waals surface area contributed by atoms with Crippen LogP contribution in [0.1, 0.15) is 0 Å². The zero-order valence-electron chi connectivity index (χ0n) is 37.4. The third kappa shape index (κ3) is 5.95. The van der Waals surface area contributed by atoms with E-state index in [9.17, 15) is 0 Å². The number of hydrogen-bond acceptors (Lipinski definition) is 5. The highest BCUT2D eigenvalue weighted by Gasteiger charge is 2.20. The molecule has 10 aromatic carbocycles. The Labute approximate surface area is 404 Å². The van der Waals surface area contributed by atoms with E-state index in [0.717, 1.165) is 61.0 Å². The first kappa shape index (κ1) is 38.9. The Hall–Kier alpha value is -9.17. The number of nitrogens with zero attached hydrogens (tertiary/aromatic N) is 5. The Kier molecular flexibility index (Phi) is 8.43. The number of fused-ring (bicyclic) bond motifs is 12. The predicted molar refractivity (Wildman–Crippen MR) is 290 cm³/mol. The Balaban J connectivity index is 0.865. The molecule has 0 atom stereocenters. The molecule has 6 nitrogen and oxygen atoms in total. The first-order valence-electron chi connectivity index (χ1n) is 23.5. The fraction of sp³-hybridized carbons (Fsp3) is 0. The normalized spacial score (nSPS) is 12.0. The monoisotopic (exact) mass is 911 g/mol. The first-order valence-corrected chi connectivity index (χ1v) is 24.3. The van der Waals surface area contributed by atoms with Gasteiger partial charge >= 0.3 is 0 Å². The van der Waals surface area contributed by atoms with Crippen molar-refractivity contribution >= 4 is 97.1 Å². The molecule has 7 heteroatoms. The Morgan fingerprint density at radius 2 is 0.900 bits per heavy atom. The summed E-state index contributed by atoms with van der Waals surface area (Å²) < 4.78 is 13.7. The van der Waals surface area contributed by atoms with Crippen molar-refractivity contribution < 1.29 is 4.42 Å². The molecular formula is C63H37N5OS. The highest BCUT2D eigenvalue weighted by molar-refractivity contribution is 7.26. The SMILES string of the molecule is c1ccc(-c2nc(-c3ccc4c(c3)oc3ccc(-n5c6ccccc6c6ccccc65)cc34)nc(-c3cccc4sc5ccc(-c6ccc7c(c6)c6ccccc6n7-c6ccccc6)cc5c34)n2)cc1. The fourth-order valence-electron chi connectivity index (χ4n) is 10.8. The van der Waals surface area contributed by atoms with Crippen molar-refractivity contribution in [1.82, 2.24) is 24.1 Å². The van der Waals surface area contributed by atoms with Gasteiger partial charge in [0.05, 0.1) is 22.1 Å². The fourth-order valence-corrected chi connectivity index (χ4v) is 11.9. The van der Waals surface area contributed by atoms with E-state index in [1.165, 1.54) is 64.0 Å². The number of benzene rings is 10. The molecule has 0 saturated heterocycles. The molecule has 0 saturated carbocycles. The Morgan fingerprint density at radius 3 is 1.64 bits per heavy atom. The molecule has 0 fully saturated rings. The molecule has 5 heterocycles. The highest BCUT2D eigenvalue weighted by Crippen LogP contribution is 2.43. The topological polar surface area (TPSA) is 61.7 Å². The highest BCUT2D eigenvalue weighted by atomic mass is 32.1. The van der Waals surface area contributed by atoms with E-state index in [4.69, 9.17) is 19.4 Å². The van der Waals surface area contributed by atoms with Crippen LogP contribution in [0.4, 0.5) is 0 Å². The standard InChI is InChI=1S/C63H37N5OS/c1-3-14-38(15-4-1)61-64-62(41-26-30-47-50-37-43(29-32-56(50)69-57(47)36-41)68-52-22-10-7-18-44(52)45-19-8-11-23-53(45)68)66-63(65-61)48-21-13-25-59-60(48)51-35-40(28-33-58(51)70-59)39-27-31-55-49(34-39)46-20-9-12-24-54(46)67(55)42-16-5-2-6-17-42/h1-37H. The lowest BCUT2D eigenvalue weighted by molar-refractivity contribution is 0.669. The number of para-hydroxylation sites is 4. The van der Waals surface area contributed by atoms with Gasteiger partial charge in [-0.15, -0.1) is 11.3 Å². The molecule has 326 valence electrons. The number of aromatic nitrogens is 5. The van der Waals surface area contributed by atoms with Crippen LogP contribution < -0.4 is 0 Å². The third-order valence-corrected chi connectivity index (χ3v) is 15.1. The van der Waals surface area contributed by atoms with Crippen LogP contribution in [-0.4, -0.2) is 24.1 Å². The van der Waals surface area contributed by atoms with Gasteiger partial charge in [-0.2, -0.15) is 0 Å². The van der Waals surface area contributed by atoms with Crippen molar-refractivity contribution in [2.45, 2.75) is 0 Å². The van der Waals surface area contributed by atoms with E-state index in [2.05, 4.69) is 215 Å². The Bertz CT molecular complexity index is 4550. The molecule has 15 aromatic rings. The number of furan rings is 1. The minimum atomic E-state index is 0.581. The van der Waals surface area contributed by atoms with Gasteiger partial charge in [-0.25, -0.2) is 15.0 Å². The molecule has 0 aliphatic heterocycles. The van der Waals surface area contributed by atoms with E-state index in [1.54, 1.807) is 11.3 Å². The smallest absolute Gasteiger partial charge is 0.164 e. The van der Waals surface area contributed by atoms with Gasteiger partial charge in [0.25, 0.3) is 0 Å². The van der Waals surface area contributed by atoms with Gasteiger partial charge in [-0.3, -0.25) is 0 Å². The van der Waals surface area contributed by atoms with Gasteiger partial charge in [0.1, 0.15) is 11.2 Å². The van der Waals surface area contributed by atoms with Crippen LogP contribution in [-0.2, 0) is 0 Å². The zero-order chi connectivity index (χ0) is 45.9. The average molecular weight is 912 g/mol. The van der Waals surface area contributed by atoms with Gasteiger partial charge in [0, 0.05) is 80.6 Å². The molecule has 0 aliphatic carbocycles.